The van der Waals surface area contributed by atoms with Gasteiger partial charge in [0, 0.05) is 18.2 Å². The quantitative estimate of drug-likeness (QED) is 0.692. The van der Waals surface area contributed by atoms with Crippen molar-refractivity contribution in [2.45, 2.75) is 13.8 Å². The van der Waals surface area contributed by atoms with Crippen molar-refractivity contribution in [3.8, 4) is 17.5 Å². The summed E-state index contributed by atoms with van der Waals surface area (Å²) in [5.74, 6) is 5.57. The highest BCUT2D eigenvalue weighted by Crippen LogP contribution is 2.13. The summed E-state index contributed by atoms with van der Waals surface area (Å²) < 4.78 is 1.73. The van der Waals surface area contributed by atoms with Crippen molar-refractivity contribution in [2.24, 2.45) is 0 Å². The number of nitrogens with one attached hydrogen (secondary N) is 2. The number of nitrogens with zero attached hydrogens (tertiary/aromatic N) is 2. The maximum absolute atomic E-state index is 12.4. The van der Waals surface area contributed by atoms with Crippen molar-refractivity contribution in [2.75, 3.05) is 11.9 Å². The van der Waals surface area contributed by atoms with E-state index in [0.717, 1.165) is 22.6 Å². The van der Waals surface area contributed by atoms with Crippen molar-refractivity contribution in [3.05, 3.63) is 77.6 Å². The van der Waals surface area contributed by atoms with E-state index >= 15 is 0 Å². The normalized spacial score (nSPS) is 9.93. The van der Waals surface area contributed by atoms with E-state index in [4.69, 9.17) is 0 Å². The van der Waals surface area contributed by atoms with Crippen molar-refractivity contribution < 1.29 is 9.59 Å². The van der Waals surface area contributed by atoms with Gasteiger partial charge in [0.1, 0.15) is 0 Å². The molecule has 1 heterocycles. The maximum Gasteiger partial charge on any atom is 0.255 e. The van der Waals surface area contributed by atoms with Gasteiger partial charge >= 0.3 is 0 Å². The van der Waals surface area contributed by atoms with E-state index in [2.05, 4.69) is 27.6 Å². The number of carbonyl (C=O) groups excluding carboxylic acids is 2. The Hall–Kier alpha value is -3.85. The second-order valence-corrected chi connectivity index (χ2v) is 6.13. The first-order valence-electron chi connectivity index (χ1n) is 8.79. The standard InChI is InChI=1S/C22H20N4O2/c1-16-21(15-24-26(16)20-8-4-3-5-9-20)22(28)23-14-6-7-18-10-12-19(13-11-18)25-17(2)27/h3-5,8-13,15H,14H2,1-2H3,(H,23,28)(H,25,27). The third kappa shape index (κ3) is 4.65. The number of rotatable bonds is 4. The minimum Gasteiger partial charge on any atom is -0.341 e. The first-order valence-corrected chi connectivity index (χ1v) is 8.79. The summed E-state index contributed by atoms with van der Waals surface area (Å²) in [5, 5.41) is 9.79. The molecular formula is C22H20N4O2. The Bertz CT molecular complexity index is 1040. The van der Waals surface area contributed by atoms with Crippen LogP contribution >= 0.6 is 0 Å². The lowest BCUT2D eigenvalue weighted by molar-refractivity contribution is -0.114. The fourth-order valence-electron chi connectivity index (χ4n) is 2.67. The Morgan fingerprint density at radius 3 is 2.46 bits per heavy atom. The zero-order valence-electron chi connectivity index (χ0n) is 15.7. The van der Waals surface area contributed by atoms with Gasteiger partial charge in [-0.25, -0.2) is 4.68 Å². The molecule has 0 saturated carbocycles. The van der Waals surface area contributed by atoms with Gasteiger partial charge < -0.3 is 10.6 Å². The van der Waals surface area contributed by atoms with Crippen molar-refractivity contribution in [1.29, 1.82) is 0 Å². The fourth-order valence-corrected chi connectivity index (χ4v) is 2.67. The summed E-state index contributed by atoms with van der Waals surface area (Å²) in [7, 11) is 0. The van der Waals surface area contributed by atoms with E-state index in [9.17, 15) is 9.59 Å². The molecule has 0 aliphatic heterocycles. The number of carbonyl (C=O) groups is 2. The molecule has 0 aliphatic carbocycles. The summed E-state index contributed by atoms with van der Waals surface area (Å²) in [6, 6.07) is 16.8. The molecule has 0 spiro atoms. The molecule has 0 atom stereocenters. The summed E-state index contributed by atoms with van der Waals surface area (Å²) in [5.41, 5.74) is 3.71. The average molecular weight is 372 g/mol. The first-order chi connectivity index (χ1) is 13.5. The van der Waals surface area contributed by atoms with E-state index in [1.165, 1.54) is 6.92 Å². The molecule has 2 aromatic carbocycles. The van der Waals surface area contributed by atoms with Crippen LogP contribution in [-0.4, -0.2) is 28.1 Å². The number of benzene rings is 2. The van der Waals surface area contributed by atoms with Gasteiger partial charge in [-0.3, -0.25) is 9.59 Å². The predicted molar refractivity (Wildman–Crippen MR) is 108 cm³/mol. The molecule has 28 heavy (non-hydrogen) atoms. The molecule has 140 valence electrons. The van der Waals surface area contributed by atoms with Crippen LogP contribution in [0.1, 0.15) is 28.5 Å². The van der Waals surface area contributed by atoms with Gasteiger partial charge in [-0.2, -0.15) is 5.10 Å². The van der Waals surface area contributed by atoms with Gasteiger partial charge in [-0.15, -0.1) is 0 Å². The Labute approximate surface area is 163 Å². The summed E-state index contributed by atoms with van der Waals surface area (Å²) in [4.78, 5) is 23.4. The van der Waals surface area contributed by atoms with E-state index < -0.39 is 0 Å². The highest BCUT2D eigenvalue weighted by atomic mass is 16.2. The van der Waals surface area contributed by atoms with Gasteiger partial charge in [0.05, 0.1) is 29.7 Å². The lowest BCUT2D eigenvalue weighted by atomic mass is 10.2. The van der Waals surface area contributed by atoms with Crippen molar-refractivity contribution >= 4 is 17.5 Å². The molecule has 0 saturated heterocycles. The lowest BCUT2D eigenvalue weighted by Crippen LogP contribution is -2.24. The van der Waals surface area contributed by atoms with Crippen LogP contribution in [0.4, 0.5) is 5.69 Å². The molecule has 0 radical (unpaired) electrons. The average Bonchev–Trinajstić information content (AvgIpc) is 3.08. The smallest absolute Gasteiger partial charge is 0.255 e. The number of amides is 2. The maximum atomic E-state index is 12.4. The van der Waals surface area contributed by atoms with E-state index in [1.54, 1.807) is 23.0 Å². The summed E-state index contributed by atoms with van der Waals surface area (Å²) in [6.07, 6.45) is 1.56. The minimum absolute atomic E-state index is 0.118. The summed E-state index contributed by atoms with van der Waals surface area (Å²) in [6.45, 7) is 3.54. The molecule has 0 aliphatic rings. The molecule has 3 rings (SSSR count). The van der Waals surface area contributed by atoms with Crippen LogP contribution in [0.15, 0.2) is 60.8 Å². The van der Waals surface area contributed by atoms with Crippen LogP contribution in [-0.2, 0) is 4.79 Å². The van der Waals surface area contributed by atoms with Crippen LogP contribution in [0.3, 0.4) is 0 Å². The van der Waals surface area contributed by atoms with Gasteiger partial charge in [0.25, 0.3) is 5.91 Å². The van der Waals surface area contributed by atoms with Crippen LogP contribution in [0.25, 0.3) is 5.69 Å². The number of hydrogen-bond donors (Lipinski definition) is 2. The molecule has 2 N–H and O–H groups in total. The predicted octanol–water partition coefficient (Wildman–Crippen LogP) is 2.92. The fraction of sp³-hybridized carbons (Fsp3) is 0.136. The molecule has 0 bridgehead atoms. The van der Waals surface area contributed by atoms with E-state index in [0.29, 0.717) is 5.56 Å². The van der Waals surface area contributed by atoms with Gasteiger partial charge in [-0.1, -0.05) is 30.0 Å². The highest BCUT2D eigenvalue weighted by Gasteiger charge is 2.14. The third-order valence-corrected chi connectivity index (χ3v) is 4.03. The Morgan fingerprint density at radius 2 is 1.79 bits per heavy atom. The van der Waals surface area contributed by atoms with E-state index in [1.807, 2.05) is 49.4 Å². The summed E-state index contributed by atoms with van der Waals surface area (Å²) >= 11 is 0. The Morgan fingerprint density at radius 1 is 1.07 bits per heavy atom. The second-order valence-electron chi connectivity index (χ2n) is 6.13. The lowest BCUT2D eigenvalue weighted by Gasteiger charge is -2.05. The van der Waals surface area contributed by atoms with Crippen LogP contribution in [0.5, 0.6) is 0 Å². The molecule has 2 amide bonds. The van der Waals surface area contributed by atoms with Gasteiger partial charge in [0.15, 0.2) is 0 Å². The van der Waals surface area contributed by atoms with Gasteiger partial charge in [0.2, 0.25) is 5.91 Å². The van der Waals surface area contributed by atoms with Crippen LogP contribution in [0.2, 0.25) is 0 Å². The Kier molecular flexibility index (Phi) is 5.87. The number of hydrogen-bond acceptors (Lipinski definition) is 3. The molecule has 6 nitrogen and oxygen atoms in total. The van der Waals surface area contributed by atoms with Crippen molar-refractivity contribution in [3.63, 3.8) is 0 Å². The number of aromatic nitrogens is 2. The van der Waals surface area contributed by atoms with Gasteiger partial charge in [-0.05, 0) is 43.3 Å². The molecule has 0 unspecified atom stereocenters. The van der Waals surface area contributed by atoms with Crippen LogP contribution < -0.4 is 10.6 Å². The van der Waals surface area contributed by atoms with Crippen molar-refractivity contribution in [1.82, 2.24) is 15.1 Å². The second kappa shape index (κ2) is 8.69. The minimum atomic E-state index is -0.213. The molecule has 6 heteroatoms. The van der Waals surface area contributed by atoms with Crippen LogP contribution in [0, 0.1) is 18.8 Å². The zero-order valence-corrected chi connectivity index (χ0v) is 15.7. The first kappa shape index (κ1) is 18.9. The number of anilines is 1. The molecule has 3 aromatic rings. The van der Waals surface area contributed by atoms with E-state index in [-0.39, 0.29) is 18.4 Å². The number of para-hydroxylation sites is 1. The molecule has 0 fully saturated rings. The topological polar surface area (TPSA) is 76.0 Å². The largest absolute Gasteiger partial charge is 0.341 e. The Balaban J connectivity index is 1.59. The SMILES string of the molecule is CC(=O)Nc1ccc(C#CCNC(=O)c2cnn(-c3ccccc3)c2C)cc1. The highest BCUT2D eigenvalue weighted by molar-refractivity contribution is 5.95. The third-order valence-electron chi connectivity index (χ3n) is 4.03. The molecular weight excluding hydrogens is 352 g/mol. The molecule has 1 aromatic heterocycles. The monoisotopic (exact) mass is 372 g/mol. The zero-order chi connectivity index (χ0) is 19.9.